The number of ether oxygens (including phenoxy) is 3. The molecule has 8 nitrogen and oxygen atoms in total. The number of amides is 2. The highest BCUT2D eigenvalue weighted by atomic mass is 19.1. The molecule has 29 heavy (non-hydrogen) atoms. The molecule has 1 atom stereocenters. The molecule has 0 spiro atoms. The molecule has 3 N–H and O–H groups in total. The van der Waals surface area contributed by atoms with Gasteiger partial charge in [-0.2, -0.15) is 0 Å². The molecule has 0 aliphatic carbocycles. The summed E-state index contributed by atoms with van der Waals surface area (Å²) in [6, 6.07) is 0.439. The van der Waals surface area contributed by atoms with E-state index in [1.165, 1.54) is 0 Å². The van der Waals surface area contributed by atoms with Gasteiger partial charge in [-0.3, -0.25) is 9.59 Å². The Labute approximate surface area is 174 Å². The minimum Gasteiger partial charge on any atom is -0.378 e. The second-order valence-corrected chi connectivity index (χ2v) is 7.94. The van der Waals surface area contributed by atoms with Crippen molar-refractivity contribution in [1.29, 1.82) is 0 Å². The summed E-state index contributed by atoms with van der Waals surface area (Å²) in [4.78, 5) is 23.3. The van der Waals surface area contributed by atoms with Crippen LogP contribution in [0.4, 0.5) is 4.39 Å². The van der Waals surface area contributed by atoms with Crippen LogP contribution in [0.15, 0.2) is 0 Å². The fourth-order valence-corrected chi connectivity index (χ4v) is 2.04. The third kappa shape index (κ3) is 15.2. The summed E-state index contributed by atoms with van der Waals surface area (Å²) >= 11 is 0. The van der Waals surface area contributed by atoms with E-state index < -0.39 is 11.8 Å². The van der Waals surface area contributed by atoms with E-state index in [-0.39, 0.29) is 30.9 Å². The Kier molecular flexibility index (Phi) is 14.8. The maximum absolute atomic E-state index is 14.3. The van der Waals surface area contributed by atoms with Crippen molar-refractivity contribution in [3.8, 4) is 0 Å². The van der Waals surface area contributed by atoms with Gasteiger partial charge in [0.2, 0.25) is 11.8 Å². The van der Waals surface area contributed by atoms with Crippen LogP contribution in [0.25, 0.3) is 0 Å². The van der Waals surface area contributed by atoms with E-state index in [0.717, 1.165) is 6.54 Å². The van der Waals surface area contributed by atoms with Crippen LogP contribution in [0.2, 0.25) is 0 Å². The Hall–Kier alpha value is -1.29. The highest BCUT2D eigenvalue weighted by Crippen LogP contribution is 2.17. The van der Waals surface area contributed by atoms with Crippen LogP contribution < -0.4 is 16.0 Å². The van der Waals surface area contributed by atoms with Gasteiger partial charge in [0, 0.05) is 25.0 Å². The maximum atomic E-state index is 14.3. The van der Waals surface area contributed by atoms with E-state index in [1.807, 2.05) is 0 Å². The highest BCUT2D eigenvalue weighted by molar-refractivity contribution is 5.78. The second kappa shape index (κ2) is 15.5. The molecule has 0 aromatic carbocycles. The van der Waals surface area contributed by atoms with Gasteiger partial charge in [0.1, 0.15) is 12.8 Å². The Bertz CT molecular complexity index is 461. The topological polar surface area (TPSA) is 97.9 Å². The normalized spacial score (nSPS) is 13.0. The van der Waals surface area contributed by atoms with Crippen molar-refractivity contribution in [2.75, 3.05) is 52.7 Å². The molecule has 0 heterocycles. The van der Waals surface area contributed by atoms with Crippen LogP contribution >= 0.6 is 0 Å². The fourth-order valence-electron chi connectivity index (χ4n) is 2.04. The molecule has 0 aromatic heterocycles. The van der Waals surface area contributed by atoms with Crippen LogP contribution in [-0.2, 0) is 23.8 Å². The van der Waals surface area contributed by atoms with Gasteiger partial charge in [-0.05, 0) is 13.8 Å². The number of nitrogens with one attached hydrogen (secondary N) is 3. The van der Waals surface area contributed by atoms with E-state index in [9.17, 15) is 14.0 Å². The lowest BCUT2D eigenvalue weighted by Gasteiger charge is -2.29. The summed E-state index contributed by atoms with van der Waals surface area (Å²) in [5.41, 5.74) is -1.19. The molecule has 0 fully saturated rings. The monoisotopic (exact) mass is 421 g/mol. The molecule has 0 aromatic rings. The van der Waals surface area contributed by atoms with Gasteiger partial charge in [-0.15, -0.1) is 0 Å². The second-order valence-electron chi connectivity index (χ2n) is 7.94. The summed E-state index contributed by atoms with van der Waals surface area (Å²) in [6.45, 7) is 13.4. The zero-order valence-electron chi connectivity index (χ0n) is 18.8. The molecule has 172 valence electrons. The number of carbonyl (C=O) groups excluding carboxylic acids is 2. The summed E-state index contributed by atoms with van der Waals surface area (Å²) < 4.78 is 30.4. The quantitative estimate of drug-likeness (QED) is 0.304. The first-order valence-electron chi connectivity index (χ1n) is 10.3. The van der Waals surface area contributed by atoms with Gasteiger partial charge < -0.3 is 30.2 Å². The van der Waals surface area contributed by atoms with Gasteiger partial charge in [-0.25, -0.2) is 4.39 Å². The third-order valence-corrected chi connectivity index (χ3v) is 4.05. The van der Waals surface area contributed by atoms with Gasteiger partial charge in [0.15, 0.2) is 0 Å². The Balaban J connectivity index is 3.75. The van der Waals surface area contributed by atoms with Crippen LogP contribution in [0.1, 0.15) is 41.5 Å². The van der Waals surface area contributed by atoms with Crippen molar-refractivity contribution in [2.24, 2.45) is 5.92 Å². The smallest absolute Gasteiger partial charge is 0.246 e. The van der Waals surface area contributed by atoms with Crippen molar-refractivity contribution < 1.29 is 28.2 Å². The van der Waals surface area contributed by atoms with Crippen LogP contribution in [-0.4, -0.2) is 82.3 Å². The van der Waals surface area contributed by atoms with E-state index in [4.69, 9.17) is 14.2 Å². The average molecular weight is 422 g/mol. The van der Waals surface area contributed by atoms with Crippen LogP contribution in [0.3, 0.4) is 0 Å². The summed E-state index contributed by atoms with van der Waals surface area (Å²) in [5.74, 6) is -0.789. The highest BCUT2D eigenvalue weighted by Gasteiger charge is 2.31. The maximum Gasteiger partial charge on any atom is 0.246 e. The lowest BCUT2D eigenvalue weighted by atomic mass is 10.0. The first-order valence-corrected chi connectivity index (χ1v) is 10.3. The molecule has 1 unspecified atom stereocenters. The van der Waals surface area contributed by atoms with Crippen molar-refractivity contribution in [1.82, 2.24) is 16.0 Å². The molecular weight excluding hydrogens is 381 g/mol. The summed E-state index contributed by atoms with van der Waals surface area (Å²) in [6.07, 6.45) is -1.43. The minimum atomic E-state index is -1.43. The lowest BCUT2D eigenvalue weighted by molar-refractivity contribution is -0.137. The van der Waals surface area contributed by atoms with E-state index in [2.05, 4.69) is 29.8 Å². The predicted molar refractivity (Wildman–Crippen MR) is 111 cm³/mol. The molecule has 2 amide bonds. The first kappa shape index (κ1) is 27.7. The molecule has 0 saturated heterocycles. The molecule has 0 aliphatic heterocycles. The molecule has 0 bridgehead atoms. The largest absolute Gasteiger partial charge is 0.378 e. The van der Waals surface area contributed by atoms with E-state index in [0.29, 0.717) is 39.0 Å². The lowest BCUT2D eigenvalue weighted by Crippen LogP contribution is -2.46. The van der Waals surface area contributed by atoms with Crippen molar-refractivity contribution in [2.45, 2.75) is 59.4 Å². The number of halogens is 1. The van der Waals surface area contributed by atoms with E-state index in [1.54, 1.807) is 27.7 Å². The molecule has 9 heteroatoms. The van der Waals surface area contributed by atoms with Crippen LogP contribution in [0, 0.1) is 5.92 Å². The van der Waals surface area contributed by atoms with Gasteiger partial charge >= 0.3 is 0 Å². The van der Waals surface area contributed by atoms with Gasteiger partial charge in [0.25, 0.3) is 0 Å². The number of hydrogen-bond donors (Lipinski definition) is 3. The van der Waals surface area contributed by atoms with Crippen molar-refractivity contribution >= 4 is 11.8 Å². The standard InChI is InChI=1S/C20H40FN3O5/c1-15(2)19(26)24-13-17(21)20(5,6)29-14-18(25)23-8-10-28-12-11-27-9-7-22-16(3)4/h15-17,22H,7-14H2,1-6H3,(H,23,25)(H,24,26). The minimum absolute atomic E-state index is 0.158. The molecular formula is C20H40FN3O5. The summed E-state index contributed by atoms with van der Waals surface area (Å²) in [5, 5.41) is 8.42. The SMILES string of the molecule is CC(C)NCCOCCOCCNC(=O)COC(C)(C)C(F)CNC(=O)C(C)C. The number of alkyl halides is 1. The number of rotatable bonds is 17. The molecule has 0 aliphatic rings. The Morgan fingerprint density at radius 3 is 2.07 bits per heavy atom. The molecule has 0 saturated carbocycles. The third-order valence-electron chi connectivity index (χ3n) is 4.05. The number of carbonyl (C=O) groups is 2. The zero-order valence-corrected chi connectivity index (χ0v) is 18.8. The zero-order chi connectivity index (χ0) is 22.3. The first-order chi connectivity index (χ1) is 13.6. The van der Waals surface area contributed by atoms with Crippen molar-refractivity contribution in [3.05, 3.63) is 0 Å². The molecule has 0 rings (SSSR count). The van der Waals surface area contributed by atoms with Gasteiger partial charge in [0.05, 0.1) is 38.6 Å². The summed E-state index contributed by atoms with van der Waals surface area (Å²) in [7, 11) is 0. The van der Waals surface area contributed by atoms with Crippen molar-refractivity contribution in [3.63, 3.8) is 0 Å². The fraction of sp³-hybridized carbons (Fsp3) is 0.900. The van der Waals surface area contributed by atoms with Gasteiger partial charge in [-0.1, -0.05) is 27.7 Å². The van der Waals surface area contributed by atoms with E-state index >= 15 is 0 Å². The Morgan fingerprint density at radius 1 is 0.931 bits per heavy atom. The average Bonchev–Trinajstić information content (AvgIpc) is 2.65. The van der Waals surface area contributed by atoms with Crippen LogP contribution in [0.5, 0.6) is 0 Å². The predicted octanol–water partition coefficient (Wildman–Crippen LogP) is 1.04. The Morgan fingerprint density at radius 2 is 1.52 bits per heavy atom. The number of hydrogen-bond acceptors (Lipinski definition) is 6. The molecule has 0 radical (unpaired) electrons.